The summed E-state index contributed by atoms with van der Waals surface area (Å²) in [5.41, 5.74) is -0.845. The molecule has 0 radical (unpaired) electrons. The second-order valence-corrected chi connectivity index (χ2v) is 6.36. The number of hydrogen-bond acceptors (Lipinski definition) is 3. The highest BCUT2D eigenvalue weighted by molar-refractivity contribution is 7.09. The van der Waals surface area contributed by atoms with Gasteiger partial charge in [0, 0.05) is 27.0 Å². The Morgan fingerprint density at radius 1 is 1.40 bits per heavy atom. The monoisotopic (exact) mass is 329 g/mol. The summed E-state index contributed by atoms with van der Waals surface area (Å²) >= 11 is 13.6. The van der Waals surface area contributed by atoms with Crippen LogP contribution in [0.25, 0.3) is 0 Å². The number of aliphatic carboxylic acids is 1. The van der Waals surface area contributed by atoms with Crippen LogP contribution in [0.5, 0.6) is 0 Å². The third kappa shape index (κ3) is 3.15. The van der Waals surface area contributed by atoms with Crippen molar-refractivity contribution in [3.63, 3.8) is 0 Å². The molecule has 6 heteroatoms. The maximum atomic E-state index is 11.7. The van der Waals surface area contributed by atoms with Gasteiger partial charge in [-0.3, -0.25) is 5.32 Å². The molecule has 0 spiro atoms. The molecule has 3 nitrogen and oxygen atoms in total. The molecule has 2 rings (SSSR count). The first-order chi connectivity index (χ1) is 9.43. The molecule has 0 aliphatic rings. The number of rotatable bonds is 5. The first kappa shape index (κ1) is 15.3. The van der Waals surface area contributed by atoms with Crippen molar-refractivity contribution in [2.45, 2.75) is 19.0 Å². The SMILES string of the molecule is CC(NCc1cccs1)(C(=O)O)c1cc(Cl)ccc1Cl. The van der Waals surface area contributed by atoms with Gasteiger partial charge in [-0.2, -0.15) is 0 Å². The lowest BCUT2D eigenvalue weighted by atomic mass is 9.92. The zero-order chi connectivity index (χ0) is 14.8. The first-order valence-corrected chi connectivity index (χ1v) is 7.53. The van der Waals surface area contributed by atoms with Crippen LogP contribution in [-0.4, -0.2) is 11.1 Å². The minimum absolute atomic E-state index is 0.373. The van der Waals surface area contributed by atoms with Crippen molar-refractivity contribution in [3.8, 4) is 0 Å². The van der Waals surface area contributed by atoms with E-state index in [9.17, 15) is 9.90 Å². The third-order valence-corrected chi connectivity index (χ3v) is 4.53. The predicted molar refractivity (Wildman–Crippen MR) is 82.6 cm³/mol. The van der Waals surface area contributed by atoms with E-state index >= 15 is 0 Å². The number of thiophene rings is 1. The van der Waals surface area contributed by atoms with Gasteiger partial charge in [-0.05, 0) is 36.6 Å². The molecule has 1 atom stereocenters. The van der Waals surface area contributed by atoms with E-state index in [0.29, 0.717) is 22.2 Å². The van der Waals surface area contributed by atoms with Crippen LogP contribution in [0.2, 0.25) is 10.0 Å². The lowest BCUT2D eigenvalue weighted by Crippen LogP contribution is -2.46. The highest BCUT2D eigenvalue weighted by atomic mass is 35.5. The Balaban J connectivity index is 2.33. The highest BCUT2D eigenvalue weighted by Crippen LogP contribution is 2.31. The van der Waals surface area contributed by atoms with Crippen LogP contribution >= 0.6 is 34.5 Å². The van der Waals surface area contributed by atoms with Crippen LogP contribution in [0.15, 0.2) is 35.7 Å². The van der Waals surface area contributed by atoms with Crippen molar-refractivity contribution in [1.82, 2.24) is 5.32 Å². The molecule has 0 amide bonds. The van der Waals surface area contributed by atoms with E-state index in [2.05, 4.69) is 5.32 Å². The quantitative estimate of drug-likeness (QED) is 0.866. The normalized spacial score (nSPS) is 13.9. The van der Waals surface area contributed by atoms with Crippen LogP contribution in [0, 0.1) is 0 Å². The number of nitrogens with one attached hydrogen (secondary N) is 1. The van der Waals surface area contributed by atoms with E-state index in [4.69, 9.17) is 23.2 Å². The van der Waals surface area contributed by atoms with Gasteiger partial charge in [-0.25, -0.2) is 4.79 Å². The molecule has 0 fully saturated rings. The molecule has 1 aromatic carbocycles. The van der Waals surface area contributed by atoms with Gasteiger partial charge in [0.25, 0.3) is 0 Å². The molecule has 2 N–H and O–H groups in total. The summed E-state index contributed by atoms with van der Waals surface area (Å²) in [5, 5.41) is 15.4. The molecule has 1 heterocycles. The average molecular weight is 330 g/mol. The van der Waals surface area contributed by atoms with Crippen LogP contribution in [0.4, 0.5) is 0 Å². The Kier molecular flexibility index (Phi) is 4.70. The van der Waals surface area contributed by atoms with Gasteiger partial charge in [-0.15, -0.1) is 11.3 Å². The summed E-state index contributed by atoms with van der Waals surface area (Å²) in [6.45, 7) is 2.03. The summed E-state index contributed by atoms with van der Waals surface area (Å²) in [5.74, 6) is -1.00. The van der Waals surface area contributed by atoms with Gasteiger partial charge in [0.2, 0.25) is 0 Å². The van der Waals surface area contributed by atoms with Gasteiger partial charge >= 0.3 is 5.97 Å². The zero-order valence-electron chi connectivity index (χ0n) is 10.7. The maximum Gasteiger partial charge on any atom is 0.328 e. The zero-order valence-corrected chi connectivity index (χ0v) is 13.0. The topological polar surface area (TPSA) is 49.3 Å². The van der Waals surface area contributed by atoms with Crippen LogP contribution in [0.3, 0.4) is 0 Å². The fourth-order valence-electron chi connectivity index (χ4n) is 1.84. The number of carboxylic acids is 1. The summed E-state index contributed by atoms with van der Waals surface area (Å²) in [7, 11) is 0. The first-order valence-electron chi connectivity index (χ1n) is 5.90. The van der Waals surface area contributed by atoms with Crippen molar-refractivity contribution in [1.29, 1.82) is 0 Å². The standard InChI is InChI=1S/C14H13Cl2NO2S/c1-14(13(18)19,17-8-10-3-2-6-20-10)11-7-9(15)4-5-12(11)16/h2-7,17H,8H2,1H3,(H,18,19). The van der Waals surface area contributed by atoms with Gasteiger partial charge in [0.1, 0.15) is 5.54 Å². The summed E-state index contributed by atoms with van der Waals surface area (Å²) in [6.07, 6.45) is 0. The molecule has 0 aliphatic heterocycles. The molecular formula is C14H13Cl2NO2S. The van der Waals surface area contributed by atoms with E-state index in [1.54, 1.807) is 36.5 Å². The number of carbonyl (C=O) groups is 1. The van der Waals surface area contributed by atoms with E-state index in [0.717, 1.165) is 4.88 Å². The smallest absolute Gasteiger partial charge is 0.328 e. The van der Waals surface area contributed by atoms with Gasteiger partial charge in [0.15, 0.2) is 0 Å². The summed E-state index contributed by atoms with van der Waals surface area (Å²) < 4.78 is 0. The Bertz CT molecular complexity index is 616. The molecule has 0 aliphatic carbocycles. The average Bonchev–Trinajstić information content (AvgIpc) is 2.92. The second kappa shape index (κ2) is 6.14. The molecule has 0 bridgehead atoms. The van der Waals surface area contributed by atoms with Crippen LogP contribution in [0.1, 0.15) is 17.4 Å². The van der Waals surface area contributed by atoms with E-state index in [-0.39, 0.29) is 0 Å². The largest absolute Gasteiger partial charge is 0.480 e. The number of hydrogen-bond donors (Lipinski definition) is 2. The molecule has 2 aromatic rings. The summed E-state index contributed by atoms with van der Waals surface area (Å²) in [4.78, 5) is 12.7. The molecule has 1 aromatic heterocycles. The number of halogens is 2. The van der Waals surface area contributed by atoms with Gasteiger partial charge in [0.05, 0.1) is 0 Å². The fourth-order valence-corrected chi connectivity index (χ4v) is 2.97. The maximum absolute atomic E-state index is 11.7. The molecule has 20 heavy (non-hydrogen) atoms. The van der Waals surface area contributed by atoms with E-state index in [1.807, 2.05) is 17.5 Å². The minimum Gasteiger partial charge on any atom is -0.480 e. The summed E-state index contributed by atoms with van der Waals surface area (Å²) in [6, 6.07) is 8.69. The van der Waals surface area contributed by atoms with Crippen molar-refractivity contribution < 1.29 is 9.90 Å². The van der Waals surface area contributed by atoms with Crippen molar-refractivity contribution in [2.24, 2.45) is 0 Å². The lowest BCUT2D eigenvalue weighted by Gasteiger charge is -2.27. The van der Waals surface area contributed by atoms with Crippen LogP contribution < -0.4 is 5.32 Å². The predicted octanol–water partition coefficient (Wildman–Crippen LogP) is 4.14. The Labute approximate surface area is 131 Å². The molecule has 0 saturated heterocycles. The highest BCUT2D eigenvalue weighted by Gasteiger charge is 2.36. The lowest BCUT2D eigenvalue weighted by molar-refractivity contribution is -0.144. The third-order valence-electron chi connectivity index (χ3n) is 3.09. The van der Waals surface area contributed by atoms with Crippen molar-refractivity contribution in [3.05, 3.63) is 56.2 Å². The van der Waals surface area contributed by atoms with Crippen molar-refractivity contribution >= 4 is 40.5 Å². The Morgan fingerprint density at radius 3 is 2.75 bits per heavy atom. The Hall–Kier alpha value is -1.07. The van der Waals surface area contributed by atoms with Gasteiger partial charge < -0.3 is 5.11 Å². The molecule has 106 valence electrons. The van der Waals surface area contributed by atoms with E-state index < -0.39 is 11.5 Å². The molecule has 0 saturated carbocycles. The molecule has 1 unspecified atom stereocenters. The van der Waals surface area contributed by atoms with Gasteiger partial charge in [-0.1, -0.05) is 29.3 Å². The number of carboxylic acid groups (broad SMARTS) is 1. The number of benzene rings is 1. The second-order valence-electron chi connectivity index (χ2n) is 4.49. The van der Waals surface area contributed by atoms with Crippen LogP contribution in [-0.2, 0) is 16.9 Å². The minimum atomic E-state index is -1.30. The molecular weight excluding hydrogens is 317 g/mol. The Morgan fingerprint density at radius 2 is 2.15 bits per heavy atom. The van der Waals surface area contributed by atoms with E-state index in [1.165, 1.54) is 0 Å². The van der Waals surface area contributed by atoms with Crippen molar-refractivity contribution in [2.75, 3.05) is 0 Å². The fraction of sp³-hybridized carbons (Fsp3) is 0.214.